The Morgan fingerprint density at radius 1 is 1.36 bits per heavy atom. The van der Waals surface area contributed by atoms with Crippen molar-refractivity contribution in [2.24, 2.45) is 5.92 Å². The molecule has 0 N–H and O–H groups in total. The van der Waals surface area contributed by atoms with E-state index in [9.17, 15) is 4.79 Å². The molecule has 0 aromatic heterocycles. The quantitative estimate of drug-likeness (QED) is 0.453. The van der Waals surface area contributed by atoms with Crippen molar-refractivity contribution in [3.8, 4) is 0 Å². The van der Waals surface area contributed by atoms with Gasteiger partial charge in [-0.15, -0.1) is 0 Å². The van der Waals surface area contributed by atoms with E-state index in [4.69, 9.17) is 9.47 Å². The van der Waals surface area contributed by atoms with Crippen molar-refractivity contribution in [1.82, 2.24) is 0 Å². The van der Waals surface area contributed by atoms with Gasteiger partial charge in [-0.05, 0) is 26.7 Å². The molecule has 1 aliphatic rings. The molecule has 1 aliphatic carbocycles. The van der Waals surface area contributed by atoms with Crippen molar-refractivity contribution in [2.75, 3.05) is 13.2 Å². The fourth-order valence-corrected chi connectivity index (χ4v) is 2.90. The highest BCUT2D eigenvalue weighted by Gasteiger charge is 2.37. The fourth-order valence-electron chi connectivity index (χ4n) is 1.79. The highest BCUT2D eigenvalue weighted by molar-refractivity contribution is 14.1. The minimum Gasteiger partial charge on any atom is -0.466 e. The predicted molar refractivity (Wildman–Crippen MR) is 62.6 cm³/mol. The molecule has 1 rings (SSSR count). The molecule has 3 unspecified atom stereocenters. The fraction of sp³-hybridized carbons (Fsp3) is 0.900. The molecule has 0 bridgehead atoms. The summed E-state index contributed by atoms with van der Waals surface area (Å²) >= 11 is 2.36. The van der Waals surface area contributed by atoms with Gasteiger partial charge in [-0.2, -0.15) is 0 Å². The van der Waals surface area contributed by atoms with Crippen LogP contribution in [0.2, 0.25) is 0 Å². The van der Waals surface area contributed by atoms with Crippen LogP contribution in [-0.4, -0.2) is 29.2 Å². The first-order valence-electron chi connectivity index (χ1n) is 5.11. The first-order valence-corrected chi connectivity index (χ1v) is 6.35. The minimum atomic E-state index is -0.0589. The van der Waals surface area contributed by atoms with Gasteiger partial charge in [-0.25, -0.2) is 0 Å². The molecular weight excluding hydrogens is 295 g/mol. The third kappa shape index (κ3) is 3.08. The summed E-state index contributed by atoms with van der Waals surface area (Å²) in [6, 6.07) is 0. The van der Waals surface area contributed by atoms with Gasteiger partial charge in [0.05, 0.1) is 18.6 Å². The topological polar surface area (TPSA) is 35.5 Å². The maximum absolute atomic E-state index is 11.5. The Hall–Kier alpha value is 0.160. The molecular formula is C10H17IO3. The summed E-state index contributed by atoms with van der Waals surface area (Å²) in [5.41, 5.74) is 0. The molecule has 1 saturated carbocycles. The molecule has 14 heavy (non-hydrogen) atoms. The standard InChI is InChI=1S/C10H17IO3/c1-3-13-9-6-7(5-8(9)11)10(12)14-4-2/h7-9H,3-6H2,1-2H3. The Labute approximate surface area is 98.7 Å². The van der Waals surface area contributed by atoms with E-state index >= 15 is 0 Å². The van der Waals surface area contributed by atoms with Crippen molar-refractivity contribution < 1.29 is 14.3 Å². The highest BCUT2D eigenvalue weighted by Crippen LogP contribution is 2.34. The van der Waals surface area contributed by atoms with Crippen molar-refractivity contribution in [3.63, 3.8) is 0 Å². The molecule has 1 fully saturated rings. The number of esters is 1. The van der Waals surface area contributed by atoms with Crippen LogP contribution >= 0.6 is 22.6 Å². The van der Waals surface area contributed by atoms with Crippen LogP contribution in [0.1, 0.15) is 26.7 Å². The average Bonchev–Trinajstić information content (AvgIpc) is 2.49. The van der Waals surface area contributed by atoms with E-state index in [2.05, 4.69) is 22.6 Å². The summed E-state index contributed by atoms with van der Waals surface area (Å²) in [5.74, 6) is -0.00947. The molecule has 3 atom stereocenters. The van der Waals surface area contributed by atoms with Gasteiger partial charge in [0.15, 0.2) is 0 Å². The Morgan fingerprint density at radius 2 is 2.07 bits per heavy atom. The van der Waals surface area contributed by atoms with Crippen molar-refractivity contribution >= 4 is 28.6 Å². The van der Waals surface area contributed by atoms with E-state index in [1.54, 1.807) is 0 Å². The first kappa shape index (κ1) is 12.2. The van der Waals surface area contributed by atoms with E-state index in [1.165, 1.54) is 0 Å². The van der Waals surface area contributed by atoms with Gasteiger partial charge < -0.3 is 9.47 Å². The largest absolute Gasteiger partial charge is 0.466 e. The summed E-state index contributed by atoms with van der Waals surface area (Å²) in [6.45, 7) is 5.02. The number of carbonyl (C=O) groups is 1. The van der Waals surface area contributed by atoms with E-state index in [1.807, 2.05) is 13.8 Å². The SMILES string of the molecule is CCOC(=O)C1CC(I)C(OCC)C1. The molecule has 3 nitrogen and oxygen atoms in total. The minimum absolute atomic E-state index is 0.0494. The van der Waals surface area contributed by atoms with Gasteiger partial charge >= 0.3 is 5.97 Å². The lowest BCUT2D eigenvalue weighted by molar-refractivity contribution is -0.148. The molecule has 0 aromatic rings. The zero-order valence-corrected chi connectivity index (χ0v) is 10.8. The number of halogens is 1. The maximum Gasteiger partial charge on any atom is 0.309 e. The number of ether oxygens (including phenoxy) is 2. The summed E-state index contributed by atoms with van der Waals surface area (Å²) < 4.78 is 11.0. The Morgan fingerprint density at radius 3 is 2.64 bits per heavy atom. The zero-order chi connectivity index (χ0) is 10.6. The lowest BCUT2D eigenvalue weighted by Gasteiger charge is -2.12. The van der Waals surface area contributed by atoms with E-state index < -0.39 is 0 Å². The molecule has 0 amide bonds. The highest BCUT2D eigenvalue weighted by atomic mass is 127. The van der Waals surface area contributed by atoms with Gasteiger partial charge in [0.25, 0.3) is 0 Å². The second-order valence-electron chi connectivity index (χ2n) is 3.43. The van der Waals surface area contributed by atoms with Crippen LogP contribution < -0.4 is 0 Å². The Bertz CT molecular complexity index is 196. The van der Waals surface area contributed by atoms with Crippen molar-refractivity contribution in [1.29, 1.82) is 0 Å². The second-order valence-corrected chi connectivity index (χ2v) is 5.03. The molecule has 82 valence electrons. The van der Waals surface area contributed by atoms with Crippen molar-refractivity contribution in [3.05, 3.63) is 0 Å². The van der Waals surface area contributed by atoms with Crippen molar-refractivity contribution in [2.45, 2.75) is 36.7 Å². The molecule has 0 aromatic carbocycles. The number of hydrogen-bond donors (Lipinski definition) is 0. The maximum atomic E-state index is 11.5. The van der Waals surface area contributed by atoms with Crippen LogP contribution in [0.3, 0.4) is 0 Å². The van der Waals surface area contributed by atoms with E-state index in [0.29, 0.717) is 10.5 Å². The third-order valence-electron chi connectivity index (χ3n) is 2.43. The van der Waals surface area contributed by atoms with Gasteiger partial charge in [0.2, 0.25) is 0 Å². The zero-order valence-electron chi connectivity index (χ0n) is 8.66. The molecule has 0 heterocycles. The van der Waals surface area contributed by atoms with Gasteiger partial charge in [-0.1, -0.05) is 22.6 Å². The second kappa shape index (κ2) is 5.90. The molecule has 0 spiro atoms. The average molecular weight is 312 g/mol. The van der Waals surface area contributed by atoms with Crippen LogP contribution in [0.4, 0.5) is 0 Å². The third-order valence-corrected chi connectivity index (χ3v) is 3.74. The smallest absolute Gasteiger partial charge is 0.309 e. The normalized spacial score (nSPS) is 31.8. The van der Waals surface area contributed by atoms with Crippen LogP contribution in [0.15, 0.2) is 0 Å². The summed E-state index contributed by atoms with van der Waals surface area (Å²) in [4.78, 5) is 11.5. The van der Waals surface area contributed by atoms with Gasteiger partial charge in [0, 0.05) is 10.5 Å². The molecule has 0 radical (unpaired) electrons. The lowest BCUT2D eigenvalue weighted by atomic mass is 10.1. The van der Waals surface area contributed by atoms with Crippen LogP contribution in [0.5, 0.6) is 0 Å². The number of alkyl halides is 1. The summed E-state index contributed by atoms with van der Waals surface area (Å²) in [7, 11) is 0. The van der Waals surface area contributed by atoms with Crippen LogP contribution in [-0.2, 0) is 14.3 Å². The number of rotatable bonds is 4. The van der Waals surface area contributed by atoms with Gasteiger partial charge in [-0.3, -0.25) is 4.79 Å². The molecule has 0 aliphatic heterocycles. The van der Waals surface area contributed by atoms with E-state index in [-0.39, 0.29) is 18.0 Å². The number of hydrogen-bond acceptors (Lipinski definition) is 3. The predicted octanol–water partition coefficient (Wildman–Crippen LogP) is 2.17. The Balaban J connectivity index is 2.41. The summed E-state index contributed by atoms with van der Waals surface area (Å²) in [6.07, 6.45) is 1.94. The Kier molecular flexibility index (Phi) is 5.15. The lowest BCUT2D eigenvalue weighted by Crippen LogP contribution is -2.18. The number of carbonyl (C=O) groups excluding carboxylic acids is 1. The first-order chi connectivity index (χ1) is 6.69. The monoisotopic (exact) mass is 312 g/mol. The van der Waals surface area contributed by atoms with Crippen LogP contribution in [0.25, 0.3) is 0 Å². The summed E-state index contributed by atoms with van der Waals surface area (Å²) in [5, 5.41) is 0. The molecule has 4 heteroatoms. The van der Waals surface area contributed by atoms with Crippen LogP contribution in [0, 0.1) is 5.92 Å². The van der Waals surface area contributed by atoms with E-state index in [0.717, 1.165) is 19.4 Å². The molecule has 0 saturated heterocycles. The van der Waals surface area contributed by atoms with Gasteiger partial charge in [0.1, 0.15) is 0 Å².